The van der Waals surface area contributed by atoms with Crippen LogP contribution in [0.3, 0.4) is 0 Å². The summed E-state index contributed by atoms with van der Waals surface area (Å²) in [7, 11) is 0. The Balaban J connectivity index is 0.000000155. The van der Waals surface area contributed by atoms with E-state index in [2.05, 4.69) is 87.8 Å². The molecule has 0 aliphatic heterocycles. The molecule has 55 heavy (non-hydrogen) atoms. The second-order valence-corrected chi connectivity index (χ2v) is 16.8. The van der Waals surface area contributed by atoms with Crippen LogP contribution in [0.4, 0.5) is 11.4 Å². The molecule has 284 valence electrons. The second-order valence-electron chi connectivity index (χ2n) is 15.2. The van der Waals surface area contributed by atoms with E-state index in [9.17, 15) is 19.2 Å². The molecule has 0 aliphatic carbocycles. The number of aryl methyl sites for hydroxylation is 2. The fourth-order valence-electron chi connectivity index (χ4n) is 6.26. The Morgan fingerprint density at radius 3 is 1.67 bits per heavy atom. The Morgan fingerprint density at radius 2 is 1.16 bits per heavy atom. The molecule has 13 nitrogen and oxygen atoms in total. The van der Waals surface area contributed by atoms with E-state index in [0.717, 1.165) is 33.6 Å². The third kappa shape index (κ3) is 7.79. The molecule has 0 radical (unpaired) electrons. The fraction of sp³-hybridized carbons (Fsp3) is 0.250. The van der Waals surface area contributed by atoms with Crippen molar-refractivity contribution in [1.29, 1.82) is 0 Å². The van der Waals surface area contributed by atoms with Crippen LogP contribution in [-0.4, -0.2) is 45.7 Å². The van der Waals surface area contributed by atoms with Gasteiger partial charge in [0, 0.05) is 58.0 Å². The number of nitrogens with two attached hydrogens (primary N) is 1. The molecule has 0 saturated carbocycles. The van der Waals surface area contributed by atoms with Gasteiger partial charge >= 0.3 is 5.97 Å². The summed E-state index contributed by atoms with van der Waals surface area (Å²) in [4.78, 5) is 61.1. The summed E-state index contributed by atoms with van der Waals surface area (Å²) in [5.74, 6) is -1.66. The summed E-state index contributed by atoms with van der Waals surface area (Å²) >= 11 is 2.37. The van der Waals surface area contributed by atoms with Crippen molar-refractivity contribution in [3.8, 4) is 0 Å². The lowest BCUT2D eigenvalue weighted by Gasteiger charge is -2.17. The van der Waals surface area contributed by atoms with Gasteiger partial charge in [-0.25, -0.2) is 4.79 Å². The number of carboxylic acid groups (broad SMARTS) is 1. The molecule has 8 rings (SSSR count). The number of hydrogen-bond donors (Lipinski definition) is 7. The number of carbonyl (C=O) groups excluding carboxylic acids is 1. The number of anilines is 2. The quantitative estimate of drug-likeness (QED) is 0.0863. The predicted molar refractivity (Wildman–Crippen MR) is 223 cm³/mol. The van der Waals surface area contributed by atoms with E-state index in [1.165, 1.54) is 40.4 Å². The Bertz CT molecular complexity index is 2860. The predicted octanol–water partition coefficient (Wildman–Crippen LogP) is 8.36. The van der Waals surface area contributed by atoms with E-state index in [0.29, 0.717) is 37.5 Å². The number of rotatable bonds is 3. The van der Waals surface area contributed by atoms with Crippen LogP contribution in [0.1, 0.15) is 84.8 Å². The van der Waals surface area contributed by atoms with E-state index in [-0.39, 0.29) is 27.4 Å². The SMILES string of the molecule is CC(C)(C)c1c[nH]c2cc(N)ccc12.Cc1nsc2[nH]cc(C(=O)Nc3ccc4c(C(C)(C)C)c[nH]c4c3)c(=O)c12.Cc1nsc2[nH]cc(C(=O)O)c(=O)c12. The number of carbonyl (C=O) groups is 2. The molecule has 0 saturated heterocycles. The molecule has 8 N–H and O–H groups in total. The zero-order chi connectivity index (χ0) is 40.0. The molecule has 2 aromatic carbocycles. The summed E-state index contributed by atoms with van der Waals surface area (Å²) in [6.45, 7) is 16.6. The van der Waals surface area contributed by atoms with Crippen LogP contribution in [0, 0.1) is 13.8 Å². The molecule has 6 aromatic heterocycles. The Labute approximate surface area is 323 Å². The maximum Gasteiger partial charge on any atom is 0.341 e. The summed E-state index contributed by atoms with van der Waals surface area (Å²) in [5, 5.41) is 14.8. The second kappa shape index (κ2) is 14.6. The van der Waals surface area contributed by atoms with Crippen molar-refractivity contribution < 1.29 is 14.7 Å². The lowest BCUT2D eigenvalue weighted by atomic mass is 9.87. The molecule has 0 unspecified atom stereocenters. The number of nitrogens with zero attached hydrogens (tertiary/aromatic N) is 2. The number of aromatic carboxylic acids is 1. The molecule has 1 amide bonds. The molecule has 0 aliphatic rings. The molecule has 8 aromatic rings. The molecule has 0 spiro atoms. The molecular formula is C40H42N8O5S2. The fourth-order valence-corrected chi connectivity index (χ4v) is 7.79. The van der Waals surface area contributed by atoms with Crippen molar-refractivity contribution in [1.82, 2.24) is 28.7 Å². The highest BCUT2D eigenvalue weighted by atomic mass is 32.1. The van der Waals surface area contributed by atoms with E-state index >= 15 is 0 Å². The first-order chi connectivity index (χ1) is 25.8. The van der Waals surface area contributed by atoms with Gasteiger partial charge in [-0.1, -0.05) is 53.7 Å². The highest BCUT2D eigenvalue weighted by Crippen LogP contribution is 2.32. The normalized spacial score (nSPS) is 11.7. The lowest BCUT2D eigenvalue weighted by molar-refractivity contribution is 0.0695. The van der Waals surface area contributed by atoms with Crippen LogP contribution in [-0.2, 0) is 10.8 Å². The first kappa shape index (κ1) is 38.7. The summed E-state index contributed by atoms with van der Waals surface area (Å²) in [6.07, 6.45) is 6.72. The van der Waals surface area contributed by atoms with E-state index < -0.39 is 17.3 Å². The van der Waals surface area contributed by atoms with Crippen LogP contribution in [0.2, 0.25) is 0 Å². The number of pyridine rings is 2. The average Bonchev–Trinajstić information content (AvgIpc) is 3.90. The van der Waals surface area contributed by atoms with E-state index in [1.54, 1.807) is 13.8 Å². The maximum atomic E-state index is 12.7. The molecule has 6 heterocycles. The number of aromatic amines is 4. The Hall–Kier alpha value is -6.06. The number of H-pyrrole nitrogens is 4. The van der Waals surface area contributed by atoms with Gasteiger partial charge in [-0.05, 0) is 83.1 Å². The van der Waals surface area contributed by atoms with Crippen molar-refractivity contribution in [2.24, 2.45) is 0 Å². The number of benzene rings is 2. The largest absolute Gasteiger partial charge is 0.477 e. The van der Waals surface area contributed by atoms with Gasteiger partial charge < -0.3 is 36.1 Å². The summed E-state index contributed by atoms with van der Waals surface area (Å²) < 4.78 is 8.15. The highest BCUT2D eigenvalue weighted by Gasteiger charge is 2.21. The summed E-state index contributed by atoms with van der Waals surface area (Å²) in [5.41, 5.74) is 12.2. The van der Waals surface area contributed by atoms with E-state index in [4.69, 9.17) is 10.8 Å². The van der Waals surface area contributed by atoms with Crippen molar-refractivity contribution >= 4 is 88.6 Å². The van der Waals surface area contributed by atoms with Gasteiger partial charge in [0.1, 0.15) is 20.8 Å². The lowest BCUT2D eigenvalue weighted by Crippen LogP contribution is -2.21. The minimum atomic E-state index is -1.22. The number of fused-ring (bicyclic) bond motifs is 4. The molecule has 0 fully saturated rings. The zero-order valence-electron chi connectivity index (χ0n) is 31.6. The molecule has 15 heteroatoms. The van der Waals surface area contributed by atoms with Gasteiger partial charge in [0.15, 0.2) is 0 Å². The third-order valence-corrected chi connectivity index (χ3v) is 10.8. The Morgan fingerprint density at radius 1 is 0.691 bits per heavy atom. The van der Waals surface area contributed by atoms with Crippen LogP contribution in [0.15, 0.2) is 70.8 Å². The van der Waals surface area contributed by atoms with Crippen LogP contribution < -0.4 is 21.9 Å². The minimum Gasteiger partial charge on any atom is -0.477 e. The number of nitrogen functional groups attached to an aromatic ring is 1. The smallest absolute Gasteiger partial charge is 0.341 e. The van der Waals surface area contributed by atoms with Gasteiger partial charge in [0.25, 0.3) is 5.91 Å². The first-order valence-corrected chi connectivity index (χ1v) is 18.9. The van der Waals surface area contributed by atoms with Gasteiger partial charge in [0.2, 0.25) is 10.9 Å². The average molecular weight is 779 g/mol. The van der Waals surface area contributed by atoms with Crippen molar-refractivity contribution in [3.05, 3.63) is 115 Å². The number of carboxylic acids is 1. The Kier molecular flexibility index (Phi) is 10.3. The van der Waals surface area contributed by atoms with Crippen LogP contribution in [0.5, 0.6) is 0 Å². The zero-order valence-corrected chi connectivity index (χ0v) is 33.3. The van der Waals surface area contributed by atoms with E-state index in [1.807, 2.05) is 36.5 Å². The van der Waals surface area contributed by atoms with Crippen molar-refractivity contribution in [2.75, 3.05) is 11.1 Å². The standard InChI is InChI=1S/C20H20N4O2S.C12H16N2.C8H6N2O3S/c1-10-16-17(25)13(8-22-19(16)27-24-10)18(26)23-11-5-6-12-14(20(2,3)4)9-21-15(12)7-11;1-12(2,3)10-7-14-11-6-8(13)4-5-9(10)11;1-3-5-6(11)4(8(12)13)2-9-7(5)14-10-3/h5-9,21H,1-4H3,(H,22,25)(H,23,26);4-7,14H,13H2,1-3H3;2H,1H3,(H,9,11)(H,12,13). The summed E-state index contributed by atoms with van der Waals surface area (Å²) in [6, 6.07) is 11.7. The van der Waals surface area contributed by atoms with Gasteiger partial charge in [0.05, 0.1) is 22.2 Å². The third-order valence-electron chi connectivity index (χ3n) is 9.10. The monoisotopic (exact) mass is 778 g/mol. The number of hydrogen-bond acceptors (Lipinski definition) is 9. The van der Waals surface area contributed by atoms with Crippen molar-refractivity contribution in [2.45, 2.75) is 66.2 Å². The molecular weight excluding hydrogens is 737 g/mol. The van der Waals surface area contributed by atoms with Gasteiger partial charge in [-0.3, -0.25) is 14.4 Å². The molecule has 0 atom stereocenters. The topological polar surface area (TPSA) is 215 Å². The van der Waals surface area contributed by atoms with Crippen LogP contribution in [0.25, 0.3) is 42.2 Å². The minimum absolute atomic E-state index is 0.0259. The maximum absolute atomic E-state index is 12.7. The van der Waals surface area contributed by atoms with Crippen molar-refractivity contribution in [3.63, 3.8) is 0 Å². The first-order valence-electron chi connectivity index (χ1n) is 17.3. The van der Waals surface area contributed by atoms with Gasteiger partial charge in [-0.15, -0.1) is 0 Å². The van der Waals surface area contributed by atoms with Crippen LogP contribution >= 0.6 is 23.1 Å². The number of nitrogens with one attached hydrogen (secondary N) is 5. The molecule has 0 bridgehead atoms. The number of amides is 1. The number of aromatic nitrogens is 6. The van der Waals surface area contributed by atoms with Gasteiger partial charge in [-0.2, -0.15) is 8.75 Å². The highest BCUT2D eigenvalue weighted by molar-refractivity contribution is 7.13.